The minimum Gasteiger partial charge on any atom is -0.347 e. The van der Waals surface area contributed by atoms with Crippen molar-refractivity contribution in [2.45, 2.75) is 4.90 Å². The molecule has 2 N–H and O–H groups in total. The molecule has 0 aliphatic heterocycles. The Morgan fingerprint density at radius 2 is 2.00 bits per heavy atom. The summed E-state index contributed by atoms with van der Waals surface area (Å²) in [5.74, 6) is -1.29. The fraction of sp³-hybridized carbons (Fsp3) is 0.0833. The van der Waals surface area contributed by atoms with Gasteiger partial charge in [0.15, 0.2) is 0 Å². The predicted molar refractivity (Wildman–Crippen MR) is 69.6 cm³/mol. The van der Waals surface area contributed by atoms with E-state index >= 15 is 0 Å². The number of aryl methyl sites for hydroxylation is 1. The molecule has 0 radical (unpaired) electrons. The first-order valence-corrected chi connectivity index (χ1v) is 7.07. The summed E-state index contributed by atoms with van der Waals surface area (Å²) in [5.41, 5.74) is 2.35. The van der Waals surface area contributed by atoms with Gasteiger partial charge in [0.2, 0.25) is 0 Å². The van der Waals surface area contributed by atoms with Gasteiger partial charge in [0.1, 0.15) is 11.5 Å². The number of carbonyl (C=O) groups is 1. The lowest BCUT2D eigenvalue weighted by Crippen LogP contribution is -2.42. The lowest BCUT2D eigenvalue weighted by molar-refractivity contribution is 0.0937. The van der Waals surface area contributed by atoms with Gasteiger partial charge < -0.3 is 4.57 Å². The van der Waals surface area contributed by atoms with Gasteiger partial charge in [0, 0.05) is 13.2 Å². The van der Waals surface area contributed by atoms with Crippen molar-refractivity contribution < 1.29 is 17.6 Å². The standard InChI is InChI=1S/C12H12FN3O3S/c1-16-7-3-6-11(16)12(17)14-15-20(18,19)10-5-2-4-9(13)8-10/h2-8,15H,1H3,(H,14,17). The van der Waals surface area contributed by atoms with Crippen molar-refractivity contribution in [3.63, 3.8) is 0 Å². The molecule has 106 valence electrons. The van der Waals surface area contributed by atoms with Crippen LogP contribution in [-0.2, 0) is 17.1 Å². The normalized spacial score (nSPS) is 11.3. The third kappa shape index (κ3) is 3.03. The predicted octanol–water partition coefficient (Wildman–Crippen LogP) is 0.787. The van der Waals surface area contributed by atoms with Crippen LogP contribution in [0.15, 0.2) is 47.5 Å². The van der Waals surface area contributed by atoms with Crippen molar-refractivity contribution in [1.29, 1.82) is 0 Å². The number of halogens is 1. The fourth-order valence-corrected chi connectivity index (χ4v) is 2.44. The molecule has 8 heteroatoms. The van der Waals surface area contributed by atoms with E-state index < -0.39 is 21.7 Å². The summed E-state index contributed by atoms with van der Waals surface area (Å²) in [4.78, 5) is 13.4. The number of aromatic nitrogens is 1. The second-order valence-electron chi connectivity index (χ2n) is 4.02. The van der Waals surface area contributed by atoms with Crippen LogP contribution in [0.5, 0.6) is 0 Å². The number of hydrogen-bond donors (Lipinski definition) is 2. The summed E-state index contributed by atoms with van der Waals surface area (Å²) >= 11 is 0. The summed E-state index contributed by atoms with van der Waals surface area (Å²) in [6.07, 6.45) is 1.65. The van der Waals surface area contributed by atoms with E-state index in [1.165, 1.54) is 22.8 Å². The maximum atomic E-state index is 13.0. The first-order chi connectivity index (χ1) is 9.40. The minimum atomic E-state index is -4.01. The zero-order valence-electron chi connectivity index (χ0n) is 10.5. The molecule has 0 saturated heterocycles. The molecule has 1 amide bonds. The van der Waals surface area contributed by atoms with Crippen LogP contribution in [0.25, 0.3) is 0 Å². The quantitative estimate of drug-likeness (QED) is 0.819. The second kappa shape index (κ2) is 5.43. The second-order valence-corrected chi connectivity index (χ2v) is 5.70. The maximum Gasteiger partial charge on any atom is 0.282 e. The zero-order chi connectivity index (χ0) is 14.8. The van der Waals surface area contributed by atoms with Gasteiger partial charge in [-0.15, -0.1) is 4.83 Å². The van der Waals surface area contributed by atoms with Gasteiger partial charge in [-0.2, -0.15) is 0 Å². The smallest absolute Gasteiger partial charge is 0.282 e. The summed E-state index contributed by atoms with van der Waals surface area (Å²) in [7, 11) is -2.36. The third-order valence-corrected chi connectivity index (χ3v) is 3.83. The Hall–Kier alpha value is -2.19. The van der Waals surface area contributed by atoms with Crippen molar-refractivity contribution in [3.8, 4) is 0 Å². The van der Waals surface area contributed by atoms with Crippen molar-refractivity contribution in [3.05, 3.63) is 54.1 Å². The number of nitrogens with one attached hydrogen (secondary N) is 2. The number of nitrogens with zero attached hydrogens (tertiary/aromatic N) is 1. The van der Waals surface area contributed by atoms with Gasteiger partial charge in [-0.25, -0.2) is 12.8 Å². The van der Waals surface area contributed by atoms with Crippen molar-refractivity contribution >= 4 is 15.9 Å². The van der Waals surface area contributed by atoms with Gasteiger partial charge in [-0.1, -0.05) is 6.07 Å². The number of benzene rings is 1. The Bertz CT molecular complexity index is 740. The van der Waals surface area contributed by atoms with Crippen molar-refractivity contribution in [2.24, 2.45) is 7.05 Å². The van der Waals surface area contributed by atoms with Gasteiger partial charge in [-0.05, 0) is 30.3 Å². The average Bonchev–Trinajstić information content (AvgIpc) is 2.82. The van der Waals surface area contributed by atoms with E-state index in [2.05, 4.69) is 5.43 Å². The minimum absolute atomic E-state index is 0.273. The lowest BCUT2D eigenvalue weighted by atomic mass is 10.4. The van der Waals surface area contributed by atoms with Crippen LogP contribution < -0.4 is 10.3 Å². The number of rotatable bonds is 4. The Kier molecular flexibility index (Phi) is 3.86. The van der Waals surface area contributed by atoms with Crippen molar-refractivity contribution in [2.75, 3.05) is 0 Å². The van der Waals surface area contributed by atoms with Gasteiger partial charge in [0.25, 0.3) is 15.9 Å². The highest BCUT2D eigenvalue weighted by molar-refractivity contribution is 7.89. The number of hydrogen-bond acceptors (Lipinski definition) is 3. The molecule has 0 bridgehead atoms. The molecular weight excluding hydrogens is 285 g/mol. The van der Waals surface area contributed by atoms with Crippen LogP contribution in [-0.4, -0.2) is 18.9 Å². The zero-order valence-corrected chi connectivity index (χ0v) is 11.3. The number of amides is 1. The molecule has 6 nitrogen and oxygen atoms in total. The summed E-state index contributed by atoms with van der Waals surface area (Å²) in [6.45, 7) is 0. The van der Waals surface area contributed by atoms with Crippen LogP contribution in [0.3, 0.4) is 0 Å². The monoisotopic (exact) mass is 297 g/mol. The first kappa shape index (κ1) is 14.2. The third-order valence-electron chi connectivity index (χ3n) is 2.58. The Balaban J connectivity index is 2.11. The average molecular weight is 297 g/mol. The van der Waals surface area contributed by atoms with E-state index in [1.807, 2.05) is 4.83 Å². The molecule has 20 heavy (non-hydrogen) atoms. The summed E-state index contributed by atoms with van der Waals surface area (Å²) < 4.78 is 38.2. The molecule has 0 saturated carbocycles. The highest BCUT2D eigenvalue weighted by atomic mass is 32.2. The molecule has 0 aliphatic carbocycles. The van der Waals surface area contributed by atoms with E-state index in [-0.39, 0.29) is 10.6 Å². The first-order valence-electron chi connectivity index (χ1n) is 5.59. The molecule has 1 heterocycles. The van der Waals surface area contributed by atoms with E-state index in [1.54, 1.807) is 19.3 Å². The van der Waals surface area contributed by atoms with Gasteiger partial charge >= 0.3 is 0 Å². The molecule has 0 aliphatic rings. The van der Waals surface area contributed by atoms with Gasteiger partial charge in [-0.3, -0.25) is 10.2 Å². The van der Waals surface area contributed by atoms with Crippen LogP contribution in [0, 0.1) is 5.82 Å². The Morgan fingerprint density at radius 3 is 2.60 bits per heavy atom. The van der Waals surface area contributed by atoms with Crippen LogP contribution >= 0.6 is 0 Å². The number of carbonyl (C=O) groups excluding carboxylic acids is 1. The van der Waals surface area contributed by atoms with Crippen molar-refractivity contribution in [1.82, 2.24) is 14.8 Å². The SMILES string of the molecule is Cn1cccc1C(=O)NNS(=O)(=O)c1cccc(F)c1. The topological polar surface area (TPSA) is 80.2 Å². The van der Waals surface area contributed by atoms with Crippen LogP contribution in [0.2, 0.25) is 0 Å². The van der Waals surface area contributed by atoms with E-state index in [0.29, 0.717) is 0 Å². The lowest BCUT2D eigenvalue weighted by Gasteiger charge is -2.09. The highest BCUT2D eigenvalue weighted by Crippen LogP contribution is 2.09. The van der Waals surface area contributed by atoms with E-state index in [9.17, 15) is 17.6 Å². The molecule has 1 aromatic heterocycles. The molecule has 0 unspecified atom stereocenters. The van der Waals surface area contributed by atoms with Gasteiger partial charge in [0.05, 0.1) is 4.90 Å². The molecule has 1 aromatic carbocycles. The van der Waals surface area contributed by atoms with E-state index in [0.717, 1.165) is 12.1 Å². The maximum absolute atomic E-state index is 13.0. The summed E-state index contributed by atoms with van der Waals surface area (Å²) in [6, 6.07) is 7.66. The van der Waals surface area contributed by atoms with Crippen LogP contribution in [0.4, 0.5) is 4.39 Å². The molecule has 2 rings (SSSR count). The fourth-order valence-electron chi connectivity index (χ4n) is 1.57. The molecule has 0 atom stereocenters. The number of hydrazine groups is 1. The molecular formula is C12H12FN3O3S. The summed E-state index contributed by atoms with van der Waals surface area (Å²) in [5, 5.41) is 0. The van der Waals surface area contributed by atoms with Crippen LogP contribution in [0.1, 0.15) is 10.5 Å². The molecule has 2 aromatic rings. The Morgan fingerprint density at radius 1 is 1.25 bits per heavy atom. The largest absolute Gasteiger partial charge is 0.347 e. The Labute approximate surface area is 115 Å². The molecule has 0 fully saturated rings. The molecule has 0 spiro atoms. The number of sulfonamides is 1. The van der Waals surface area contributed by atoms with E-state index in [4.69, 9.17) is 0 Å². The highest BCUT2D eigenvalue weighted by Gasteiger charge is 2.17.